The summed E-state index contributed by atoms with van der Waals surface area (Å²) in [5, 5.41) is 10.5. The molecule has 0 radical (unpaired) electrons. The van der Waals surface area contributed by atoms with Gasteiger partial charge in [-0.3, -0.25) is 4.79 Å². The summed E-state index contributed by atoms with van der Waals surface area (Å²) in [4.78, 5) is 24.1. The van der Waals surface area contributed by atoms with Crippen LogP contribution in [0, 0.1) is 11.6 Å². The molecule has 0 amide bonds. The molecule has 3 aromatic rings. The van der Waals surface area contributed by atoms with Crippen molar-refractivity contribution in [2.45, 2.75) is 0 Å². The quantitative estimate of drug-likeness (QED) is 0.726. The molecule has 8 heteroatoms. The molecule has 2 aromatic carbocycles. The molecule has 0 aliphatic rings. The van der Waals surface area contributed by atoms with Crippen LogP contribution in [0.5, 0.6) is 17.2 Å². The number of aromatic nitrogens is 1. The SMILES string of the molecule is COC(=O)c1c(O)c2ccc(Oc3ccc(F)c(F)c3)cc2n(C)c1=O. The lowest BCUT2D eigenvalue weighted by atomic mass is 10.1. The van der Waals surface area contributed by atoms with Crippen molar-refractivity contribution in [1.82, 2.24) is 4.57 Å². The number of esters is 1. The number of nitrogens with zero attached hydrogens (tertiary/aromatic N) is 1. The lowest BCUT2D eigenvalue weighted by Gasteiger charge is -2.12. The van der Waals surface area contributed by atoms with E-state index in [9.17, 15) is 23.5 Å². The second kappa shape index (κ2) is 6.47. The summed E-state index contributed by atoms with van der Waals surface area (Å²) in [5.41, 5.74) is -0.941. The van der Waals surface area contributed by atoms with Crippen LogP contribution in [0.3, 0.4) is 0 Å². The zero-order valence-corrected chi connectivity index (χ0v) is 13.7. The summed E-state index contributed by atoms with van der Waals surface area (Å²) in [7, 11) is 2.52. The number of carbonyl (C=O) groups excluding carboxylic acids is 1. The van der Waals surface area contributed by atoms with Crippen LogP contribution >= 0.6 is 0 Å². The first-order valence-corrected chi connectivity index (χ1v) is 7.40. The first kappa shape index (κ1) is 17.4. The highest BCUT2D eigenvalue weighted by Crippen LogP contribution is 2.31. The van der Waals surface area contributed by atoms with Crippen molar-refractivity contribution in [2.24, 2.45) is 7.05 Å². The average Bonchev–Trinajstić information content (AvgIpc) is 2.62. The van der Waals surface area contributed by atoms with Gasteiger partial charge in [-0.15, -0.1) is 0 Å². The Morgan fingerprint density at radius 2 is 1.73 bits per heavy atom. The molecule has 0 bridgehead atoms. The van der Waals surface area contributed by atoms with Gasteiger partial charge in [-0.2, -0.15) is 0 Å². The first-order valence-electron chi connectivity index (χ1n) is 7.40. The molecule has 0 fully saturated rings. The van der Waals surface area contributed by atoms with Gasteiger partial charge in [-0.05, 0) is 24.3 Å². The summed E-state index contributed by atoms with van der Waals surface area (Å²) >= 11 is 0. The number of carbonyl (C=O) groups is 1. The molecule has 134 valence electrons. The zero-order valence-electron chi connectivity index (χ0n) is 13.7. The van der Waals surface area contributed by atoms with Gasteiger partial charge in [0.1, 0.15) is 17.2 Å². The van der Waals surface area contributed by atoms with E-state index in [0.717, 1.165) is 23.8 Å². The average molecular weight is 361 g/mol. The van der Waals surface area contributed by atoms with Crippen molar-refractivity contribution in [3.63, 3.8) is 0 Å². The van der Waals surface area contributed by atoms with E-state index in [-0.39, 0.29) is 22.4 Å². The maximum Gasteiger partial charge on any atom is 0.347 e. The van der Waals surface area contributed by atoms with Gasteiger partial charge in [-0.1, -0.05) is 0 Å². The number of hydrogen-bond donors (Lipinski definition) is 1. The molecule has 26 heavy (non-hydrogen) atoms. The molecule has 0 saturated heterocycles. The number of methoxy groups -OCH3 is 1. The number of ether oxygens (including phenoxy) is 2. The van der Waals surface area contributed by atoms with E-state index in [1.165, 1.54) is 31.3 Å². The minimum Gasteiger partial charge on any atom is -0.506 e. The fourth-order valence-electron chi connectivity index (χ4n) is 2.53. The number of fused-ring (bicyclic) bond motifs is 1. The van der Waals surface area contributed by atoms with Crippen molar-refractivity contribution in [3.8, 4) is 17.2 Å². The van der Waals surface area contributed by atoms with E-state index >= 15 is 0 Å². The zero-order chi connectivity index (χ0) is 19.0. The Morgan fingerprint density at radius 3 is 2.38 bits per heavy atom. The molecular weight excluding hydrogens is 348 g/mol. The molecule has 3 rings (SSSR count). The van der Waals surface area contributed by atoms with Crippen molar-refractivity contribution in [3.05, 3.63) is 63.9 Å². The van der Waals surface area contributed by atoms with Gasteiger partial charge >= 0.3 is 5.97 Å². The Bertz CT molecular complexity index is 1090. The third-order valence-corrected chi connectivity index (χ3v) is 3.86. The maximum absolute atomic E-state index is 13.3. The number of aromatic hydroxyl groups is 1. The summed E-state index contributed by atoms with van der Waals surface area (Å²) < 4.78 is 37.4. The predicted molar refractivity (Wildman–Crippen MR) is 88.6 cm³/mol. The lowest BCUT2D eigenvalue weighted by molar-refractivity contribution is 0.0595. The molecule has 0 saturated carbocycles. The molecule has 0 unspecified atom stereocenters. The van der Waals surface area contributed by atoms with E-state index in [0.29, 0.717) is 0 Å². The highest BCUT2D eigenvalue weighted by atomic mass is 19.2. The molecule has 0 spiro atoms. The Labute approximate surface area is 145 Å². The predicted octanol–water partition coefficient (Wildman–Crippen LogP) is 3.10. The van der Waals surface area contributed by atoms with E-state index in [4.69, 9.17) is 4.74 Å². The minimum atomic E-state index is -1.06. The summed E-state index contributed by atoms with van der Waals surface area (Å²) in [5.74, 6) is -3.23. The van der Waals surface area contributed by atoms with Gasteiger partial charge in [-0.25, -0.2) is 13.6 Å². The van der Waals surface area contributed by atoms with Crippen LogP contribution in [-0.2, 0) is 11.8 Å². The van der Waals surface area contributed by atoms with Crippen LogP contribution in [0.1, 0.15) is 10.4 Å². The number of hydrogen-bond acceptors (Lipinski definition) is 5. The number of rotatable bonds is 3. The summed E-state index contributed by atoms with van der Waals surface area (Å²) in [6.45, 7) is 0. The van der Waals surface area contributed by atoms with Crippen molar-refractivity contribution in [1.29, 1.82) is 0 Å². The normalized spacial score (nSPS) is 10.8. The van der Waals surface area contributed by atoms with Crippen molar-refractivity contribution >= 4 is 16.9 Å². The fourth-order valence-corrected chi connectivity index (χ4v) is 2.53. The Kier molecular flexibility index (Phi) is 4.33. The first-order chi connectivity index (χ1) is 12.3. The largest absolute Gasteiger partial charge is 0.506 e. The van der Waals surface area contributed by atoms with Gasteiger partial charge in [0.2, 0.25) is 0 Å². The highest BCUT2D eigenvalue weighted by molar-refractivity contribution is 5.99. The third kappa shape index (κ3) is 2.85. The van der Waals surface area contributed by atoms with E-state index < -0.39 is 34.5 Å². The Balaban J connectivity index is 2.12. The molecule has 0 aliphatic carbocycles. The second-order valence-corrected chi connectivity index (χ2v) is 5.44. The molecule has 1 aromatic heterocycles. The maximum atomic E-state index is 13.3. The van der Waals surface area contributed by atoms with E-state index in [1.807, 2.05) is 0 Å². The van der Waals surface area contributed by atoms with Crippen molar-refractivity contribution in [2.75, 3.05) is 7.11 Å². The van der Waals surface area contributed by atoms with Crippen LogP contribution in [0.4, 0.5) is 8.78 Å². The van der Waals surface area contributed by atoms with Crippen LogP contribution in [-0.4, -0.2) is 22.8 Å². The highest BCUT2D eigenvalue weighted by Gasteiger charge is 2.22. The molecular formula is C18H13F2NO5. The van der Waals surface area contributed by atoms with Crippen molar-refractivity contribution < 1.29 is 28.2 Å². The second-order valence-electron chi connectivity index (χ2n) is 5.44. The summed E-state index contributed by atoms with van der Waals surface area (Å²) in [6, 6.07) is 7.38. The van der Waals surface area contributed by atoms with E-state index in [1.54, 1.807) is 0 Å². The minimum absolute atomic E-state index is 0.0589. The van der Waals surface area contributed by atoms with Gasteiger partial charge < -0.3 is 19.1 Å². The number of pyridine rings is 1. The van der Waals surface area contributed by atoms with Crippen LogP contribution in [0.15, 0.2) is 41.2 Å². The smallest absolute Gasteiger partial charge is 0.347 e. The van der Waals surface area contributed by atoms with Gasteiger partial charge in [0.15, 0.2) is 17.2 Å². The number of halogens is 2. The standard InChI is InChI=1S/C18H13F2NO5/c1-21-14-8-10(26-9-4-6-12(19)13(20)7-9)3-5-11(14)16(22)15(17(21)23)18(24)25-2/h3-8,22H,1-2H3. The summed E-state index contributed by atoms with van der Waals surface area (Å²) in [6.07, 6.45) is 0. The number of benzene rings is 2. The van der Waals surface area contributed by atoms with Crippen LogP contribution < -0.4 is 10.3 Å². The lowest BCUT2D eigenvalue weighted by Crippen LogP contribution is -2.25. The molecule has 0 atom stereocenters. The van der Waals surface area contributed by atoms with E-state index in [2.05, 4.69) is 4.74 Å². The fraction of sp³-hybridized carbons (Fsp3) is 0.111. The Hall–Kier alpha value is -3.42. The molecule has 1 heterocycles. The molecule has 0 aliphatic heterocycles. The van der Waals surface area contributed by atoms with Gasteiger partial charge in [0, 0.05) is 24.6 Å². The third-order valence-electron chi connectivity index (χ3n) is 3.86. The van der Waals surface area contributed by atoms with Gasteiger partial charge in [0.25, 0.3) is 5.56 Å². The number of aryl methyl sites for hydroxylation is 1. The van der Waals surface area contributed by atoms with Crippen LogP contribution in [0.25, 0.3) is 10.9 Å². The topological polar surface area (TPSA) is 77.8 Å². The molecule has 6 nitrogen and oxygen atoms in total. The monoisotopic (exact) mass is 361 g/mol. The Morgan fingerprint density at radius 1 is 1.08 bits per heavy atom. The van der Waals surface area contributed by atoms with Gasteiger partial charge in [0.05, 0.1) is 12.6 Å². The van der Waals surface area contributed by atoms with Crippen LogP contribution in [0.2, 0.25) is 0 Å². The molecule has 1 N–H and O–H groups in total.